The second-order valence-electron chi connectivity index (χ2n) is 7.71. The Kier molecular flexibility index (Phi) is 6.53. The minimum Gasteiger partial charge on any atom is -0.346 e. The Balaban J connectivity index is 1.47. The fourth-order valence-corrected chi connectivity index (χ4v) is 3.96. The number of nitrogens with one attached hydrogen (secondary N) is 1. The summed E-state index contributed by atoms with van der Waals surface area (Å²) in [6, 6.07) is 20.6. The number of hydrogen-bond acceptors (Lipinski definition) is 4. The molecule has 0 aliphatic rings. The van der Waals surface area contributed by atoms with Gasteiger partial charge in [0.1, 0.15) is 6.07 Å². The van der Waals surface area contributed by atoms with E-state index in [1.54, 1.807) is 18.3 Å². The van der Waals surface area contributed by atoms with E-state index >= 15 is 0 Å². The van der Waals surface area contributed by atoms with E-state index in [1.807, 2.05) is 67.1 Å². The smallest absolute Gasteiger partial charge is 0.251 e. The summed E-state index contributed by atoms with van der Waals surface area (Å²) in [4.78, 5) is 16.6. The third-order valence-electron chi connectivity index (χ3n) is 5.46. The Labute approximate surface area is 197 Å². The minimum atomic E-state index is -0.140. The molecule has 4 rings (SSSR count). The normalized spacial score (nSPS) is 10.6. The lowest BCUT2D eigenvalue weighted by Gasteiger charge is -2.08. The third kappa shape index (κ3) is 4.94. The predicted molar refractivity (Wildman–Crippen MR) is 128 cm³/mol. The standard InChI is InChI=1S/C26H22ClN5O/c1-17-25(21-10-11-22(14-28)24(27)13-21)18(2)32(31-17)16-19-6-8-20(9-7-19)26(33)30-15-23-5-3-4-12-29-23/h3-13H,15-16H2,1-2H3,(H,30,33). The number of pyridine rings is 1. The molecule has 0 spiro atoms. The van der Waals surface area contributed by atoms with E-state index in [0.717, 1.165) is 33.8 Å². The predicted octanol–water partition coefficient (Wildman–Crippen LogP) is 5.07. The highest BCUT2D eigenvalue weighted by atomic mass is 35.5. The van der Waals surface area contributed by atoms with Crippen LogP contribution in [0.15, 0.2) is 66.9 Å². The Morgan fingerprint density at radius 2 is 1.91 bits per heavy atom. The van der Waals surface area contributed by atoms with Crippen LogP contribution in [-0.4, -0.2) is 20.7 Å². The second-order valence-corrected chi connectivity index (χ2v) is 8.12. The molecule has 0 aliphatic carbocycles. The van der Waals surface area contributed by atoms with Crippen molar-refractivity contribution in [1.29, 1.82) is 5.26 Å². The summed E-state index contributed by atoms with van der Waals surface area (Å²) in [7, 11) is 0. The van der Waals surface area contributed by atoms with Crippen LogP contribution >= 0.6 is 11.6 Å². The fraction of sp³-hybridized carbons (Fsp3) is 0.154. The summed E-state index contributed by atoms with van der Waals surface area (Å²) in [5.41, 5.74) is 6.72. The first-order valence-electron chi connectivity index (χ1n) is 10.5. The van der Waals surface area contributed by atoms with Crippen LogP contribution in [0.1, 0.15) is 38.6 Å². The number of nitriles is 1. The van der Waals surface area contributed by atoms with E-state index < -0.39 is 0 Å². The summed E-state index contributed by atoms with van der Waals surface area (Å²) < 4.78 is 1.94. The SMILES string of the molecule is Cc1nn(Cc2ccc(C(=O)NCc3ccccn3)cc2)c(C)c1-c1ccc(C#N)c(Cl)c1. The van der Waals surface area contributed by atoms with E-state index in [2.05, 4.69) is 16.4 Å². The summed E-state index contributed by atoms with van der Waals surface area (Å²) in [5.74, 6) is -0.140. The Bertz CT molecular complexity index is 1340. The molecule has 0 saturated heterocycles. The van der Waals surface area contributed by atoms with Crippen molar-refractivity contribution in [2.24, 2.45) is 0 Å². The van der Waals surface area contributed by atoms with E-state index in [-0.39, 0.29) is 5.91 Å². The molecule has 4 aromatic rings. The summed E-state index contributed by atoms with van der Waals surface area (Å²) in [6.45, 7) is 4.93. The highest BCUT2D eigenvalue weighted by molar-refractivity contribution is 6.32. The van der Waals surface area contributed by atoms with Gasteiger partial charge in [-0.1, -0.05) is 35.9 Å². The van der Waals surface area contributed by atoms with Gasteiger partial charge >= 0.3 is 0 Å². The number of carbonyl (C=O) groups excluding carboxylic acids is 1. The molecule has 0 saturated carbocycles. The van der Waals surface area contributed by atoms with E-state index in [9.17, 15) is 4.79 Å². The Morgan fingerprint density at radius 3 is 2.58 bits per heavy atom. The highest BCUT2D eigenvalue weighted by Gasteiger charge is 2.15. The molecule has 2 aromatic carbocycles. The maximum absolute atomic E-state index is 12.4. The van der Waals surface area contributed by atoms with Gasteiger partial charge in [0.05, 0.1) is 35.1 Å². The summed E-state index contributed by atoms with van der Waals surface area (Å²) >= 11 is 6.23. The molecule has 0 aliphatic heterocycles. The van der Waals surface area contributed by atoms with E-state index in [4.69, 9.17) is 22.0 Å². The van der Waals surface area contributed by atoms with Crippen LogP contribution in [0.5, 0.6) is 0 Å². The summed E-state index contributed by atoms with van der Waals surface area (Å²) in [6.07, 6.45) is 1.70. The highest BCUT2D eigenvalue weighted by Crippen LogP contribution is 2.30. The first-order valence-corrected chi connectivity index (χ1v) is 10.8. The molecular weight excluding hydrogens is 434 g/mol. The Hall–Kier alpha value is -3.95. The van der Waals surface area contributed by atoms with Crippen molar-refractivity contribution < 1.29 is 4.79 Å². The molecule has 6 nitrogen and oxygen atoms in total. The van der Waals surface area contributed by atoms with Gasteiger partial charge in [-0.05, 0) is 61.4 Å². The number of aromatic nitrogens is 3. The zero-order valence-electron chi connectivity index (χ0n) is 18.3. The minimum absolute atomic E-state index is 0.140. The number of benzene rings is 2. The zero-order valence-corrected chi connectivity index (χ0v) is 19.1. The van der Waals surface area contributed by atoms with Crippen molar-refractivity contribution in [2.45, 2.75) is 26.9 Å². The second kappa shape index (κ2) is 9.68. The van der Waals surface area contributed by atoms with Gasteiger partial charge in [0.2, 0.25) is 0 Å². The van der Waals surface area contributed by atoms with Gasteiger partial charge in [-0.3, -0.25) is 14.5 Å². The van der Waals surface area contributed by atoms with E-state index in [0.29, 0.717) is 29.2 Å². The van der Waals surface area contributed by atoms with Crippen molar-refractivity contribution >= 4 is 17.5 Å². The lowest BCUT2D eigenvalue weighted by Crippen LogP contribution is -2.23. The van der Waals surface area contributed by atoms with Crippen LogP contribution < -0.4 is 5.32 Å². The molecule has 0 radical (unpaired) electrons. The van der Waals surface area contributed by atoms with Crippen LogP contribution in [-0.2, 0) is 13.1 Å². The number of carbonyl (C=O) groups is 1. The van der Waals surface area contributed by atoms with Gasteiger partial charge in [-0.25, -0.2) is 0 Å². The third-order valence-corrected chi connectivity index (χ3v) is 5.78. The van der Waals surface area contributed by atoms with Gasteiger partial charge in [0, 0.05) is 23.0 Å². The number of hydrogen-bond donors (Lipinski definition) is 1. The van der Waals surface area contributed by atoms with E-state index in [1.165, 1.54) is 0 Å². The van der Waals surface area contributed by atoms with Crippen molar-refractivity contribution in [2.75, 3.05) is 0 Å². The van der Waals surface area contributed by atoms with Crippen LogP contribution in [0, 0.1) is 25.2 Å². The number of aryl methyl sites for hydroxylation is 1. The molecule has 33 heavy (non-hydrogen) atoms. The van der Waals surface area contributed by atoms with Gasteiger partial charge < -0.3 is 5.32 Å². The average Bonchev–Trinajstić information content (AvgIpc) is 3.11. The van der Waals surface area contributed by atoms with Gasteiger partial charge in [-0.2, -0.15) is 10.4 Å². The molecule has 0 unspecified atom stereocenters. The van der Waals surface area contributed by atoms with Gasteiger partial charge in [0.25, 0.3) is 5.91 Å². The molecule has 1 amide bonds. The molecule has 2 aromatic heterocycles. The largest absolute Gasteiger partial charge is 0.346 e. The average molecular weight is 456 g/mol. The Morgan fingerprint density at radius 1 is 1.12 bits per heavy atom. The lowest BCUT2D eigenvalue weighted by atomic mass is 10.0. The van der Waals surface area contributed by atoms with Crippen molar-refractivity contribution in [3.8, 4) is 17.2 Å². The van der Waals surface area contributed by atoms with Gasteiger partial charge in [-0.15, -0.1) is 0 Å². The molecule has 7 heteroatoms. The maximum atomic E-state index is 12.4. The molecule has 1 N–H and O–H groups in total. The number of amides is 1. The number of halogens is 1. The van der Waals surface area contributed by atoms with Crippen LogP contribution in [0.25, 0.3) is 11.1 Å². The van der Waals surface area contributed by atoms with Crippen LogP contribution in [0.4, 0.5) is 0 Å². The first kappa shape index (κ1) is 22.3. The lowest BCUT2D eigenvalue weighted by molar-refractivity contribution is 0.0950. The fourth-order valence-electron chi connectivity index (χ4n) is 3.74. The molecule has 0 atom stereocenters. The van der Waals surface area contributed by atoms with Gasteiger partial charge in [0.15, 0.2) is 0 Å². The monoisotopic (exact) mass is 455 g/mol. The van der Waals surface area contributed by atoms with Crippen LogP contribution in [0.2, 0.25) is 5.02 Å². The van der Waals surface area contributed by atoms with Crippen molar-refractivity contribution in [1.82, 2.24) is 20.1 Å². The van der Waals surface area contributed by atoms with Crippen molar-refractivity contribution in [3.63, 3.8) is 0 Å². The molecule has 164 valence electrons. The zero-order chi connectivity index (χ0) is 23.4. The molecule has 0 bridgehead atoms. The first-order chi connectivity index (χ1) is 16.0. The molecular formula is C26H22ClN5O. The topological polar surface area (TPSA) is 83.6 Å². The maximum Gasteiger partial charge on any atom is 0.251 e. The molecule has 0 fully saturated rings. The summed E-state index contributed by atoms with van der Waals surface area (Å²) in [5, 5.41) is 17.1. The number of nitrogens with zero attached hydrogens (tertiary/aromatic N) is 4. The quantitative estimate of drug-likeness (QED) is 0.440. The van der Waals surface area contributed by atoms with Crippen molar-refractivity contribution in [3.05, 3.63) is 106 Å². The molecule has 2 heterocycles. The number of rotatable bonds is 6. The van der Waals surface area contributed by atoms with Crippen LogP contribution in [0.3, 0.4) is 0 Å².